The molecule has 1 saturated heterocycles. The van der Waals surface area contributed by atoms with Crippen molar-refractivity contribution >= 4 is 11.3 Å². The van der Waals surface area contributed by atoms with Crippen molar-refractivity contribution in [3.8, 4) is 0 Å². The van der Waals surface area contributed by atoms with Gasteiger partial charge in [-0.1, -0.05) is 60.7 Å². The Hall–Kier alpha value is -2.01. The van der Waals surface area contributed by atoms with Crippen molar-refractivity contribution in [3.05, 3.63) is 87.9 Å². The van der Waals surface area contributed by atoms with Crippen LogP contribution in [0.4, 0.5) is 0 Å². The summed E-state index contributed by atoms with van der Waals surface area (Å²) < 4.78 is 0. The summed E-state index contributed by atoms with van der Waals surface area (Å²) in [7, 11) is 0. The van der Waals surface area contributed by atoms with E-state index in [-0.39, 0.29) is 0 Å². The molecule has 2 heterocycles. The molecule has 0 spiro atoms. The topological polar surface area (TPSA) is 42.1 Å². The number of nitrogens with two attached hydrogens (primary N) is 1. The Morgan fingerprint density at radius 1 is 1.00 bits per heavy atom. The molecule has 2 atom stereocenters. The van der Waals surface area contributed by atoms with E-state index in [9.17, 15) is 0 Å². The molecule has 1 aromatic heterocycles. The first-order chi connectivity index (χ1) is 12.8. The van der Waals surface area contributed by atoms with Gasteiger partial charge in [0.25, 0.3) is 0 Å². The molecule has 1 aliphatic heterocycles. The zero-order valence-electron chi connectivity index (χ0n) is 14.9. The zero-order chi connectivity index (χ0) is 17.8. The average molecular weight is 364 g/mol. The first kappa shape index (κ1) is 17.4. The number of likely N-dealkylation sites (tertiary alicyclic amines) is 1. The van der Waals surface area contributed by atoms with Crippen LogP contribution in [0.1, 0.15) is 27.7 Å². The summed E-state index contributed by atoms with van der Waals surface area (Å²) in [5, 5.41) is 3.41. The number of hydrogen-bond acceptors (Lipinski definition) is 4. The highest BCUT2D eigenvalue weighted by Gasteiger charge is 2.32. The van der Waals surface area contributed by atoms with Crippen LogP contribution < -0.4 is 5.73 Å². The van der Waals surface area contributed by atoms with Gasteiger partial charge in [-0.15, -0.1) is 11.3 Å². The van der Waals surface area contributed by atoms with E-state index in [1.165, 1.54) is 21.8 Å². The van der Waals surface area contributed by atoms with Crippen molar-refractivity contribution in [1.29, 1.82) is 0 Å². The van der Waals surface area contributed by atoms with Gasteiger partial charge in [-0.3, -0.25) is 4.90 Å². The molecule has 1 aliphatic rings. The molecule has 0 bridgehead atoms. The quantitative estimate of drug-likeness (QED) is 0.722. The van der Waals surface area contributed by atoms with Crippen molar-refractivity contribution in [2.24, 2.45) is 11.7 Å². The molecular weight excluding hydrogens is 338 g/mol. The fourth-order valence-electron chi connectivity index (χ4n) is 3.91. The summed E-state index contributed by atoms with van der Waals surface area (Å²) in [6.07, 6.45) is 0.920. The average Bonchev–Trinajstić information content (AvgIpc) is 3.30. The highest BCUT2D eigenvalue weighted by molar-refractivity contribution is 7.09. The predicted octanol–water partition coefficient (Wildman–Crippen LogP) is 3.91. The highest BCUT2D eigenvalue weighted by Crippen LogP contribution is 2.32. The van der Waals surface area contributed by atoms with Crippen molar-refractivity contribution < 1.29 is 0 Å². The van der Waals surface area contributed by atoms with Crippen LogP contribution >= 0.6 is 11.3 Å². The van der Waals surface area contributed by atoms with Crippen molar-refractivity contribution in [1.82, 2.24) is 9.88 Å². The molecule has 1 fully saturated rings. The molecular formula is C22H25N3S. The van der Waals surface area contributed by atoms with Gasteiger partial charge in [0.2, 0.25) is 0 Å². The number of hydrogen-bond donors (Lipinski definition) is 1. The lowest BCUT2D eigenvalue weighted by molar-refractivity contribution is 0.313. The Bertz CT molecular complexity index is 816. The second-order valence-electron chi connectivity index (χ2n) is 7.10. The van der Waals surface area contributed by atoms with E-state index >= 15 is 0 Å². The van der Waals surface area contributed by atoms with E-state index in [1.807, 2.05) is 0 Å². The Balaban J connectivity index is 1.40. The maximum atomic E-state index is 6.07. The summed E-state index contributed by atoms with van der Waals surface area (Å²) in [5.41, 5.74) is 9.98. The first-order valence-electron chi connectivity index (χ1n) is 9.26. The van der Waals surface area contributed by atoms with Gasteiger partial charge in [0, 0.05) is 37.4 Å². The second-order valence-corrected chi connectivity index (χ2v) is 8.04. The molecule has 0 unspecified atom stereocenters. The van der Waals surface area contributed by atoms with Crippen LogP contribution in [0, 0.1) is 5.92 Å². The molecule has 0 radical (unpaired) electrons. The Morgan fingerprint density at radius 2 is 1.73 bits per heavy atom. The molecule has 2 aromatic carbocycles. The molecule has 0 aliphatic carbocycles. The van der Waals surface area contributed by atoms with E-state index in [4.69, 9.17) is 10.7 Å². The maximum absolute atomic E-state index is 6.07. The molecule has 3 aromatic rings. The van der Waals surface area contributed by atoms with Crippen molar-refractivity contribution in [2.75, 3.05) is 19.6 Å². The van der Waals surface area contributed by atoms with Gasteiger partial charge < -0.3 is 5.73 Å². The summed E-state index contributed by atoms with van der Waals surface area (Å²) >= 11 is 1.77. The minimum atomic E-state index is 0.528. The van der Waals surface area contributed by atoms with Gasteiger partial charge in [-0.25, -0.2) is 4.98 Å². The van der Waals surface area contributed by atoms with Crippen LogP contribution in [0.3, 0.4) is 0 Å². The number of rotatable bonds is 6. The second kappa shape index (κ2) is 8.12. The lowest BCUT2D eigenvalue weighted by Crippen LogP contribution is -2.23. The van der Waals surface area contributed by atoms with Gasteiger partial charge in [0.15, 0.2) is 0 Å². The monoisotopic (exact) mass is 363 g/mol. The number of thiazole rings is 1. The summed E-state index contributed by atoms with van der Waals surface area (Å²) in [5.74, 6) is 1.06. The van der Waals surface area contributed by atoms with E-state index in [1.54, 1.807) is 11.3 Å². The molecule has 2 N–H and O–H groups in total. The Labute approximate surface area is 159 Å². The third-order valence-corrected chi connectivity index (χ3v) is 6.13. The van der Waals surface area contributed by atoms with Crippen LogP contribution in [-0.2, 0) is 13.0 Å². The highest BCUT2D eigenvalue weighted by atomic mass is 32.1. The van der Waals surface area contributed by atoms with Crippen LogP contribution in [0.2, 0.25) is 0 Å². The molecule has 0 amide bonds. The number of aromatic nitrogens is 1. The molecule has 4 heteroatoms. The van der Waals surface area contributed by atoms with Gasteiger partial charge in [-0.2, -0.15) is 0 Å². The molecule has 0 saturated carbocycles. The van der Waals surface area contributed by atoms with Crippen molar-refractivity contribution in [2.45, 2.75) is 18.9 Å². The number of benzene rings is 2. The maximum Gasteiger partial charge on any atom is 0.0972 e. The fraction of sp³-hybridized carbons (Fsp3) is 0.318. The van der Waals surface area contributed by atoms with E-state index in [0.717, 1.165) is 32.6 Å². The molecule has 3 nitrogen and oxygen atoms in total. The smallest absolute Gasteiger partial charge is 0.0972 e. The van der Waals surface area contributed by atoms with Crippen molar-refractivity contribution in [3.63, 3.8) is 0 Å². The summed E-state index contributed by atoms with van der Waals surface area (Å²) in [6.45, 7) is 3.79. The van der Waals surface area contributed by atoms with E-state index in [0.29, 0.717) is 11.8 Å². The summed E-state index contributed by atoms with van der Waals surface area (Å²) in [6, 6.07) is 21.4. The van der Waals surface area contributed by atoms with Crippen LogP contribution in [0.5, 0.6) is 0 Å². The number of nitrogens with zero attached hydrogens (tertiary/aromatic N) is 2. The molecule has 4 rings (SSSR count). The molecule has 26 heavy (non-hydrogen) atoms. The normalized spacial score (nSPS) is 20.5. The minimum Gasteiger partial charge on any atom is -0.330 e. The first-order valence-corrected chi connectivity index (χ1v) is 10.1. The van der Waals surface area contributed by atoms with E-state index < -0.39 is 0 Å². The third kappa shape index (κ3) is 4.04. The minimum absolute atomic E-state index is 0.528. The summed E-state index contributed by atoms with van der Waals surface area (Å²) in [4.78, 5) is 7.37. The Morgan fingerprint density at radius 3 is 2.46 bits per heavy atom. The van der Waals surface area contributed by atoms with Gasteiger partial charge in [0.1, 0.15) is 0 Å². The standard InChI is InChI=1S/C22H25N3S/c23-12-19-13-25(15-21(19)18-9-5-2-6-10-18)14-20-16-26-22(24-20)11-17-7-3-1-4-8-17/h1-10,16,19,21H,11-15,23H2/t19-,21+/m1/s1. The van der Waals surface area contributed by atoms with Gasteiger partial charge in [-0.05, 0) is 23.6 Å². The predicted molar refractivity (Wildman–Crippen MR) is 108 cm³/mol. The Kier molecular flexibility index (Phi) is 5.44. The van der Waals surface area contributed by atoms with Crippen LogP contribution in [-0.4, -0.2) is 29.5 Å². The van der Waals surface area contributed by atoms with Gasteiger partial charge in [0.05, 0.1) is 10.7 Å². The fourth-order valence-corrected chi connectivity index (χ4v) is 4.73. The zero-order valence-corrected chi connectivity index (χ0v) is 15.7. The van der Waals surface area contributed by atoms with E-state index in [2.05, 4.69) is 70.9 Å². The molecule has 134 valence electrons. The largest absolute Gasteiger partial charge is 0.330 e. The SMILES string of the molecule is NC[C@@H]1CN(Cc2csc(Cc3ccccc3)n2)C[C@H]1c1ccccc1. The van der Waals surface area contributed by atoms with Crippen LogP contribution in [0.25, 0.3) is 0 Å². The van der Waals surface area contributed by atoms with Gasteiger partial charge >= 0.3 is 0 Å². The lowest BCUT2D eigenvalue weighted by Gasteiger charge is -2.16. The third-order valence-electron chi connectivity index (χ3n) is 5.23. The van der Waals surface area contributed by atoms with Crippen LogP contribution in [0.15, 0.2) is 66.0 Å². The lowest BCUT2D eigenvalue weighted by atomic mass is 9.89.